The zero-order chi connectivity index (χ0) is 16.2. The molecule has 23 heavy (non-hydrogen) atoms. The van der Waals surface area contributed by atoms with Gasteiger partial charge in [0, 0.05) is 29.2 Å². The normalized spacial score (nSPS) is 17.3. The summed E-state index contributed by atoms with van der Waals surface area (Å²) in [5.41, 5.74) is 1.77. The highest BCUT2D eigenvalue weighted by atomic mass is 32.1. The van der Waals surface area contributed by atoms with E-state index in [2.05, 4.69) is 15.3 Å². The predicted molar refractivity (Wildman–Crippen MR) is 88.7 cm³/mol. The molecule has 0 spiro atoms. The van der Waals surface area contributed by atoms with Crippen molar-refractivity contribution in [2.75, 3.05) is 13.1 Å². The Morgan fingerprint density at radius 3 is 2.91 bits per heavy atom. The van der Waals surface area contributed by atoms with Crippen molar-refractivity contribution >= 4 is 17.4 Å². The quantitative estimate of drug-likeness (QED) is 0.934. The maximum atomic E-state index is 12.2. The molecule has 2 aromatic heterocycles. The Morgan fingerprint density at radius 2 is 2.22 bits per heavy atom. The van der Waals surface area contributed by atoms with Crippen molar-refractivity contribution in [3.05, 3.63) is 39.8 Å². The third-order valence-electron chi connectivity index (χ3n) is 3.66. The second-order valence-corrected chi connectivity index (χ2v) is 6.68. The molecule has 3 rings (SSSR count). The van der Waals surface area contributed by atoms with E-state index in [-0.39, 0.29) is 12.1 Å². The number of nitrogens with one attached hydrogen (secondary N) is 1. The third kappa shape index (κ3) is 4.19. The summed E-state index contributed by atoms with van der Waals surface area (Å²) >= 11 is 1.64. The standard InChI is InChI=1S/C16H20N4O2S/c1-11-8-12(2)19-15(18-11)22-13-5-6-20(10-13)16(21)17-9-14-4-3-7-23-14/h3-4,7-8,13H,5-6,9-10H2,1-2H3,(H,17,21). The lowest BCUT2D eigenvalue weighted by Crippen LogP contribution is -2.39. The summed E-state index contributed by atoms with van der Waals surface area (Å²) in [6.45, 7) is 5.65. The Labute approximate surface area is 139 Å². The van der Waals surface area contributed by atoms with Crippen LogP contribution in [0.15, 0.2) is 23.6 Å². The van der Waals surface area contributed by atoms with Gasteiger partial charge in [-0.1, -0.05) is 6.07 Å². The van der Waals surface area contributed by atoms with Crippen LogP contribution in [-0.4, -0.2) is 40.1 Å². The minimum absolute atomic E-state index is 0.0501. The lowest BCUT2D eigenvalue weighted by atomic mass is 10.3. The molecule has 1 aliphatic rings. The van der Waals surface area contributed by atoms with Crippen LogP contribution in [0, 0.1) is 13.8 Å². The summed E-state index contributed by atoms with van der Waals surface area (Å²) in [5, 5.41) is 4.95. The summed E-state index contributed by atoms with van der Waals surface area (Å²) in [4.78, 5) is 23.7. The van der Waals surface area contributed by atoms with Crippen molar-refractivity contribution in [2.45, 2.75) is 32.9 Å². The average Bonchev–Trinajstić information content (AvgIpc) is 3.15. The maximum absolute atomic E-state index is 12.2. The molecule has 0 radical (unpaired) electrons. The van der Waals surface area contributed by atoms with E-state index in [0.29, 0.717) is 25.6 Å². The third-order valence-corrected chi connectivity index (χ3v) is 4.54. The topological polar surface area (TPSA) is 67.3 Å². The van der Waals surface area contributed by atoms with E-state index in [0.717, 1.165) is 22.7 Å². The Kier molecular flexibility index (Phi) is 4.76. The second kappa shape index (κ2) is 6.95. The number of hydrogen-bond acceptors (Lipinski definition) is 5. The number of amides is 2. The molecule has 0 aromatic carbocycles. The fraction of sp³-hybridized carbons (Fsp3) is 0.438. The molecule has 1 saturated heterocycles. The summed E-state index contributed by atoms with van der Waals surface area (Å²) < 4.78 is 5.83. The first-order valence-electron chi connectivity index (χ1n) is 7.64. The van der Waals surface area contributed by atoms with Crippen LogP contribution in [0.2, 0.25) is 0 Å². The predicted octanol–water partition coefficient (Wildman–Crippen LogP) is 2.52. The summed E-state index contributed by atoms with van der Waals surface area (Å²) in [5.74, 6) is 0. The first-order valence-corrected chi connectivity index (χ1v) is 8.52. The number of thiophene rings is 1. The maximum Gasteiger partial charge on any atom is 0.317 e. The van der Waals surface area contributed by atoms with E-state index in [1.807, 2.05) is 37.4 Å². The van der Waals surface area contributed by atoms with Crippen LogP contribution in [-0.2, 0) is 6.54 Å². The van der Waals surface area contributed by atoms with E-state index < -0.39 is 0 Å². The Morgan fingerprint density at radius 1 is 1.43 bits per heavy atom. The van der Waals surface area contributed by atoms with Crippen molar-refractivity contribution in [2.24, 2.45) is 0 Å². The average molecular weight is 332 g/mol. The van der Waals surface area contributed by atoms with Gasteiger partial charge in [0.1, 0.15) is 6.10 Å². The van der Waals surface area contributed by atoms with E-state index >= 15 is 0 Å². The molecule has 1 aliphatic heterocycles. The highest BCUT2D eigenvalue weighted by molar-refractivity contribution is 7.09. The Hall–Kier alpha value is -2.15. The molecule has 122 valence electrons. The minimum Gasteiger partial charge on any atom is -0.458 e. The fourth-order valence-corrected chi connectivity index (χ4v) is 3.24. The number of urea groups is 1. The van der Waals surface area contributed by atoms with Crippen LogP contribution in [0.3, 0.4) is 0 Å². The van der Waals surface area contributed by atoms with Gasteiger partial charge < -0.3 is 15.0 Å². The molecule has 1 fully saturated rings. The van der Waals surface area contributed by atoms with Gasteiger partial charge in [0.05, 0.1) is 13.1 Å². The molecular weight excluding hydrogens is 312 g/mol. The zero-order valence-corrected chi connectivity index (χ0v) is 14.1. The smallest absolute Gasteiger partial charge is 0.317 e. The van der Waals surface area contributed by atoms with Gasteiger partial charge in [0.15, 0.2) is 0 Å². The second-order valence-electron chi connectivity index (χ2n) is 5.65. The number of nitrogens with zero attached hydrogens (tertiary/aromatic N) is 3. The number of carbonyl (C=O) groups is 1. The SMILES string of the molecule is Cc1cc(C)nc(OC2CCN(C(=O)NCc3cccs3)C2)n1. The van der Waals surface area contributed by atoms with Crippen LogP contribution >= 0.6 is 11.3 Å². The molecule has 0 aliphatic carbocycles. The molecule has 2 amide bonds. The van der Waals surface area contributed by atoms with Crippen molar-refractivity contribution in [1.29, 1.82) is 0 Å². The van der Waals surface area contributed by atoms with Crippen molar-refractivity contribution in [1.82, 2.24) is 20.2 Å². The minimum atomic E-state index is -0.0521. The zero-order valence-electron chi connectivity index (χ0n) is 13.3. The molecule has 2 aromatic rings. The van der Waals surface area contributed by atoms with Gasteiger partial charge in [0.25, 0.3) is 0 Å². The molecular formula is C16H20N4O2S. The highest BCUT2D eigenvalue weighted by Gasteiger charge is 2.28. The van der Waals surface area contributed by atoms with E-state index in [1.54, 1.807) is 16.2 Å². The number of rotatable bonds is 4. The van der Waals surface area contributed by atoms with Crippen LogP contribution in [0.5, 0.6) is 6.01 Å². The van der Waals surface area contributed by atoms with Gasteiger partial charge in [-0.05, 0) is 31.4 Å². The van der Waals surface area contributed by atoms with Gasteiger partial charge in [-0.2, -0.15) is 0 Å². The number of hydrogen-bond donors (Lipinski definition) is 1. The summed E-state index contributed by atoms with van der Waals surface area (Å²) in [6, 6.07) is 6.25. The number of carbonyl (C=O) groups excluding carboxylic acids is 1. The first-order chi connectivity index (χ1) is 11.1. The number of aromatic nitrogens is 2. The number of ether oxygens (including phenoxy) is 1. The molecule has 1 atom stereocenters. The lowest BCUT2D eigenvalue weighted by Gasteiger charge is -2.17. The number of likely N-dealkylation sites (tertiary alicyclic amines) is 1. The van der Waals surface area contributed by atoms with E-state index in [4.69, 9.17) is 4.74 Å². The summed E-state index contributed by atoms with van der Waals surface area (Å²) in [7, 11) is 0. The van der Waals surface area contributed by atoms with Gasteiger partial charge in [0.2, 0.25) is 0 Å². The highest BCUT2D eigenvalue weighted by Crippen LogP contribution is 2.16. The van der Waals surface area contributed by atoms with Crippen molar-refractivity contribution in [3.8, 4) is 6.01 Å². The Bertz CT molecular complexity index is 654. The van der Waals surface area contributed by atoms with Crippen LogP contribution < -0.4 is 10.1 Å². The molecule has 7 heteroatoms. The monoisotopic (exact) mass is 332 g/mol. The number of aryl methyl sites for hydroxylation is 2. The van der Waals surface area contributed by atoms with Crippen LogP contribution in [0.1, 0.15) is 22.7 Å². The van der Waals surface area contributed by atoms with Crippen molar-refractivity contribution < 1.29 is 9.53 Å². The summed E-state index contributed by atoms with van der Waals surface area (Å²) in [6.07, 6.45) is 0.742. The van der Waals surface area contributed by atoms with Gasteiger partial charge in [-0.25, -0.2) is 14.8 Å². The molecule has 0 saturated carbocycles. The fourth-order valence-electron chi connectivity index (χ4n) is 2.59. The van der Waals surface area contributed by atoms with Crippen LogP contribution in [0.4, 0.5) is 4.79 Å². The molecule has 1 N–H and O–H groups in total. The lowest BCUT2D eigenvalue weighted by molar-refractivity contribution is 0.177. The first kappa shape index (κ1) is 15.7. The van der Waals surface area contributed by atoms with Gasteiger partial charge in [-0.15, -0.1) is 11.3 Å². The molecule has 3 heterocycles. The largest absolute Gasteiger partial charge is 0.458 e. The van der Waals surface area contributed by atoms with E-state index in [1.165, 1.54) is 0 Å². The Balaban J connectivity index is 1.50. The van der Waals surface area contributed by atoms with E-state index in [9.17, 15) is 4.79 Å². The van der Waals surface area contributed by atoms with Gasteiger partial charge >= 0.3 is 12.0 Å². The molecule has 6 nitrogen and oxygen atoms in total. The molecule has 1 unspecified atom stereocenters. The van der Waals surface area contributed by atoms with Gasteiger partial charge in [-0.3, -0.25) is 0 Å². The van der Waals surface area contributed by atoms with Crippen LogP contribution in [0.25, 0.3) is 0 Å². The molecule has 0 bridgehead atoms. The van der Waals surface area contributed by atoms with Crippen molar-refractivity contribution in [3.63, 3.8) is 0 Å².